The van der Waals surface area contributed by atoms with Gasteiger partial charge in [0.15, 0.2) is 0 Å². The number of aromatic nitrogens is 2. The topological polar surface area (TPSA) is 50.3 Å². The van der Waals surface area contributed by atoms with Crippen LogP contribution in [0, 0.1) is 36.5 Å². The molecule has 2 spiro atoms. The Labute approximate surface area is 183 Å². The van der Waals surface area contributed by atoms with Crippen molar-refractivity contribution in [2.75, 3.05) is 25.1 Å². The number of benzene rings is 1. The van der Waals surface area contributed by atoms with E-state index in [1.807, 2.05) is 7.11 Å². The highest BCUT2D eigenvalue weighted by molar-refractivity contribution is 5.60. The van der Waals surface area contributed by atoms with Crippen molar-refractivity contribution in [1.82, 2.24) is 15.3 Å². The first-order valence-electron chi connectivity index (χ1n) is 12.0. The quantitative estimate of drug-likeness (QED) is 0.818. The molecule has 2 aliphatic heterocycles. The van der Waals surface area contributed by atoms with E-state index in [0.29, 0.717) is 28.3 Å². The highest BCUT2D eigenvalue weighted by Gasteiger charge is 2.92. The van der Waals surface area contributed by atoms with E-state index in [9.17, 15) is 0 Å². The fourth-order valence-electron chi connectivity index (χ4n) is 10.3. The largest absolute Gasteiger partial charge is 0.497 e. The first kappa shape index (κ1) is 17.4. The molecule has 3 heterocycles. The van der Waals surface area contributed by atoms with Crippen molar-refractivity contribution < 1.29 is 4.74 Å². The van der Waals surface area contributed by atoms with Crippen LogP contribution in [-0.4, -0.2) is 42.3 Å². The molecule has 1 N–H and O–H groups in total. The Bertz CT molecular complexity index is 1140. The summed E-state index contributed by atoms with van der Waals surface area (Å²) in [5.74, 6) is 3.59. The van der Waals surface area contributed by atoms with Gasteiger partial charge in [-0.2, -0.15) is 0 Å². The van der Waals surface area contributed by atoms with Crippen molar-refractivity contribution in [3.8, 4) is 5.75 Å². The number of methoxy groups -OCH3 is 1. The van der Waals surface area contributed by atoms with Crippen molar-refractivity contribution in [1.29, 1.82) is 0 Å². The Hall–Kier alpha value is -2.14. The molecular formula is C26H30N4O. The van der Waals surface area contributed by atoms with Crippen LogP contribution >= 0.6 is 0 Å². The SMILES string of the molecule is COc1ccc2c(c1)C13CCNC(C2)C12CC14CN(c5nc(C)cc(C)n5)C(CC12)C43. The maximum Gasteiger partial charge on any atom is 0.226 e. The number of anilines is 1. The van der Waals surface area contributed by atoms with Gasteiger partial charge in [0, 0.05) is 40.8 Å². The Balaban J connectivity index is 1.33. The van der Waals surface area contributed by atoms with E-state index in [4.69, 9.17) is 14.7 Å². The van der Waals surface area contributed by atoms with Gasteiger partial charge in [-0.25, -0.2) is 9.97 Å². The molecule has 0 radical (unpaired) electrons. The molecule has 4 aliphatic carbocycles. The van der Waals surface area contributed by atoms with Crippen LogP contribution in [-0.2, 0) is 11.8 Å². The van der Waals surface area contributed by atoms with Crippen LogP contribution < -0.4 is 15.0 Å². The summed E-state index contributed by atoms with van der Waals surface area (Å²) >= 11 is 0. The van der Waals surface area contributed by atoms with E-state index in [-0.39, 0.29) is 0 Å². The van der Waals surface area contributed by atoms with Crippen molar-refractivity contribution in [2.24, 2.45) is 22.7 Å². The molecule has 6 aliphatic rings. The zero-order chi connectivity index (χ0) is 20.8. The van der Waals surface area contributed by atoms with Crippen LogP contribution in [0.2, 0.25) is 0 Å². The molecule has 3 saturated carbocycles. The van der Waals surface area contributed by atoms with E-state index >= 15 is 0 Å². The van der Waals surface area contributed by atoms with Crippen LogP contribution in [0.4, 0.5) is 5.95 Å². The number of piperidine rings is 2. The fraction of sp³-hybridized carbons (Fsp3) is 0.615. The standard InChI is InChI=1S/C26H30N4O/c1-14-8-15(2)29-23(28-14)30-13-24-12-26-20(24)11-19(30)22(24)25(26)6-7-27-21(26)9-16-4-5-17(31-3)10-18(16)25/h4-5,8,10,19-22,27H,6-7,9,11-13H2,1-3H3. The second kappa shape index (κ2) is 5.09. The van der Waals surface area contributed by atoms with E-state index in [1.54, 1.807) is 11.1 Å². The molecular weight excluding hydrogens is 384 g/mol. The molecule has 7 unspecified atom stereocenters. The average Bonchev–Trinajstić information content (AvgIpc) is 3.37. The lowest BCUT2D eigenvalue weighted by atomic mass is 9.39. The molecule has 5 nitrogen and oxygen atoms in total. The highest BCUT2D eigenvalue weighted by Crippen LogP contribution is 2.91. The van der Waals surface area contributed by atoms with Crippen molar-refractivity contribution >= 4 is 5.95 Å². The Morgan fingerprint density at radius 3 is 2.81 bits per heavy atom. The number of hydrogen-bond acceptors (Lipinski definition) is 5. The number of nitrogens with zero attached hydrogens (tertiary/aromatic N) is 3. The van der Waals surface area contributed by atoms with Crippen LogP contribution in [0.5, 0.6) is 5.75 Å². The van der Waals surface area contributed by atoms with E-state index in [0.717, 1.165) is 48.0 Å². The molecule has 160 valence electrons. The summed E-state index contributed by atoms with van der Waals surface area (Å²) in [5.41, 5.74) is 6.58. The average molecular weight is 415 g/mol. The van der Waals surface area contributed by atoms with Gasteiger partial charge in [-0.15, -0.1) is 0 Å². The third-order valence-electron chi connectivity index (χ3n) is 10.6. The molecule has 1 aromatic heterocycles. The lowest BCUT2D eigenvalue weighted by Gasteiger charge is -2.69. The minimum absolute atomic E-state index is 0.298. The molecule has 0 amide bonds. The van der Waals surface area contributed by atoms with Gasteiger partial charge in [-0.1, -0.05) is 6.07 Å². The molecule has 7 bridgehead atoms. The zero-order valence-corrected chi connectivity index (χ0v) is 18.6. The third-order valence-corrected chi connectivity index (χ3v) is 10.6. The molecule has 7 atom stereocenters. The van der Waals surface area contributed by atoms with Gasteiger partial charge >= 0.3 is 0 Å². The summed E-state index contributed by atoms with van der Waals surface area (Å²) in [6.45, 7) is 6.51. The minimum Gasteiger partial charge on any atom is -0.497 e. The predicted octanol–water partition coefficient (Wildman–Crippen LogP) is 3.17. The van der Waals surface area contributed by atoms with Gasteiger partial charge < -0.3 is 15.0 Å². The number of hydrogen-bond donors (Lipinski definition) is 1. The summed E-state index contributed by atoms with van der Waals surface area (Å²) in [4.78, 5) is 12.4. The van der Waals surface area contributed by atoms with Crippen molar-refractivity contribution in [3.63, 3.8) is 0 Å². The van der Waals surface area contributed by atoms with E-state index in [1.165, 1.54) is 25.7 Å². The van der Waals surface area contributed by atoms with Crippen LogP contribution in [0.15, 0.2) is 24.3 Å². The van der Waals surface area contributed by atoms with Gasteiger partial charge in [-0.05, 0) is 92.7 Å². The maximum atomic E-state index is 5.73. The van der Waals surface area contributed by atoms with Gasteiger partial charge in [0.2, 0.25) is 5.95 Å². The molecule has 2 aromatic rings. The molecule has 5 heteroatoms. The molecule has 1 aromatic carbocycles. The second-order valence-electron chi connectivity index (χ2n) is 11.3. The summed E-state index contributed by atoms with van der Waals surface area (Å²) in [6.07, 6.45) is 5.18. The number of ether oxygens (including phenoxy) is 1. The number of aryl methyl sites for hydroxylation is 2. The summed E-state index contributed by atoms with van der Waals surface area (Å²) in [5, 5.41) is 3.99. The number of rotatable bonds is 2. The van der Waals surface area contributed by atoms with Crippen LogP contribution in [0.1, 0.15) is 41.8 Å². The molecule has 2 saturated heterocycles. The first-order chi connectivity index (χ1) is 15.0. The Kier molecular flexibility index (Phi) is 2.86. The smallest absolute Gasteiger partial charge is 0.226 e. The Morgan fingerprint density at radius 2 is 2.00 bits per heavy atom. The van der Waals surface area contributed by atoms with Crippen molar-refractivity contribution in [3.05, 3.63) is 46.8 Å². The van der Waals surface area contributed by atoms with Gasteiger partial charge in [0.25, 0.3) is 0 Å². The van der Waals surface area contributed by atoms with Gasteiger partial charge in [0.1, 0.15) is 5.75 Å². The van der Waals surface area contributed by atoms with Crippen LogP contribution in [0.3, 0.4) is 0 Å². The second-order valence-corrected chi connectivity index (χ2v) is 11.3. The van der Waals surface area contributed by atoms with Gasteiger partial charge in [-0.3, -0.25) is 0 Å². The monoisotopic (exact) mass is 414 g/mol. The maximum absolute atomic E-state index is 5.73. The summed E-state index contributed by atoms with van der Waals surface area (Å²) in [6, 6.07) is 10.3. The third kappa shape index (κ3) is 1.60. The van der Waals surface area contributed by atoms with E-state index in [2.05, 4.69) is 48.3 Å². The van der Waals surface area contributed by atoms with Crippen LogP contribution in [0.25, 0.3) is 0 Å². The molecule has 31 heavy (non-hydrogen) atoms. The highest BCUT2D eigenvalue weighted by atomic mass is 16.5. The fourth-order valence-corrected chi connectivity index (χ4v) is 10.3. The summed E-state index contributed by atoms with van der Waals surface area (Å²) in [7, 11) is 1.81. The van der Waals surface area contributed by atoms with E-state index < -0.39 is 0 Å². The predicted molar refractivity (Wildman–Crippen MR) is 119 cm³/mol. The number of nitrogens with one attached hydrogen (secondary N) is 1. The lowest BCUT2D eigenvalue weighted by molar-refractivity contribution is -0.125. The zero-order valence-electron chi connectivity index (χ0n) is 18.6. The number of fused-ring (bicyclic) bond motifs is 1. The molecule has 8 rings (SSSR count). The molecule has 5 fully saturated rings. The normalized spacial score (nSPS) is 44.7. The first-order valence-corrected chi connectivity index (χ1v) is 12.0. The van der Waals surface area contributed by atoms with Gasteiger partial charge in [0.05, 0.1) is 7.11 Å². The lowest BCUT2D eigenvalue weighted by Crippen LogP contribution is -2.73. The summed E-state index contributed by atoms with van der Waals surface area (Å²) < 4.78 is 5.73. The van der Waals surface area contributed by atoms with Crippen molar-refractivity contribution in [2.45, 2.75) is 57.0 Å². The Morgan fingerprint density at radius 1 is 1.16 bits per heavy atom. The minimum atomic E-state index is 0.298.